The van der Waals surface area contributed by atoms with Crippen LogP contribution in [0, 0.1) is 0 Å². The summed E-state index contributed by atoms with van der Waals surface area (Å²) in [6.45, 7) is -0.515. The van der Waals surface area contributed by atoms with E-state index in [0.717, 1.165) is 4.90 Å². The minimum atomic E-state index is -4.52. The van der Waals surface area contributed by atoms with E-state index >= 15 is 0 Å². The van der Waals surface area contributed by atoms with E-state index in [4.69, 9.17) is 10.5 Å². The topological polar surface area (TPSA) is 87.8 Å². The van der Waals surface area contributed by atoms with Crippen LogP contribution < -0.4 is 11.1 Å². The SMILES string of the molecule is COC[C@@H](c1ccc(O)c(N)c1)N1C[C@@H](C(F)(F)F)NC1=O. The maximum atomic E-state index is 12.8. The van der Waals surface area contributed by atoms with Crippen molar-refractivity contribution >= 4 is 11.7 Å². The molecule has 1 aliphatic heterocycles. The largest absolute Gasteiger partial charge is 0.506 e. The molecule has 1 saturated heterocycles. The molecular formula is C13H16F3N3O3. The van der Waals surface area contributed by atoms with Gasteiger partial charge in [0.25, 0.3) is 0 Å². The number of rotatable bonds is 4. The van der Waals surface area contributed by atoms with Crippen molar-refractivity contribution in [2.75, 3.05) is 26.0 Å². The molecule has 1 aliphatic rings. The first-order chi connectivity index (χ1) is 10.2. The Morgan fingerprint density at radius 3 is 2.73 bits per heavy atom. The highest BCUT2D eigenvalue weighted by molar-refractivity contribution is 5.77. The Bertz CT molecular complexity index is 565. The number of carbonyl (C=O) groups is 1. The monoisotopic (exact) mass is 319 g/mol. The first-order valence-electron chi connectivity index (χ1n) is 6.45. The molecule has 1 aromatic carbocycles. The Morgan fingerprint density at radius 1 is 1.55 bits per heavy atom. The van der Waals surface area contributed by atoms with Crippen LogP contribution in [0.4, 0.5) is 23.7 Å². The third-order valence-electron chi connectivity index (χ3n) is 3.47. The third-order valence-corrected chi connectivity index (χ3v) is 3.47. The van der Waals surface area contributed by atoms with Crippen LogP contribution in [-0.2, 0) is 4.74 Å². The fraction of sp³-hybridized carbons (Fsp3) is 0.462. The van der Waals surface area contributed by atoms with Gasteiger partial charge < -0.3 is 25.8 Å². The smallest absolute Gasteiger partial charge is 0.410 e. The second-order valence-corrected chi connectivity index (χ2v) is 4.99. The average molecular weight is 319 g/mol. The maximum absolute atomic E-state index is 12.8. The lowest BCUT2D eigenvalue weighted by Crippen LogP contribution is -2.40. The van der Waals surface area contributed by atoms with Crippen molar-refractivity contribution < 1.29 is 27.8 Å². The van der Waals surface area contributed by atoms with Gasteiger partial charge in [-0.15, -0.1) is 0 Å². The van der Waals surface area contributed by atoms with Crippen LogP contribution in [0.25, 0.3) is 0 Å². The zero-order chi connectivity index (χ0) is 16.5. The molecule has 6 nitrogen and oxygen atoms in total. The van der Waals surface area contributed by atoms with Gasteiger partial charge in [0.1, 0.15) is 11.8 Å². The van der Waals surface area contributed by atoms with Crippen LogP contribution in [0.5, 0.6) is 5.75 Å². The zero-order valence-corrected chi connectivity index (χ0v) is 11.7. The Kier molecular flexibility index (Phi) is 4.36. The highest BCUT2D eigenvalue weighted by Crippen LogP contribution is 2.32. The van der Waals surface area contributed by atoms with Crippen molar-refractivity contribution in [2.45, 2.75) is 18.3 Å². The molecule has 0 saturated carbocycles. The van der Waals surface area contributed by atoms with Crippen LogP contribution >= 0.6 is 0 Å². The predicted molar refractivity (Wildman–Crippen MR) is 72.2 cm³/mol. The van der Waals surface area contributed by atoms with Crippen molar-refractivity contribution in [3.63, 3.8) is 0 Å². The molecule has 122 valence electrons. The summed E-state index contributed by atoms with van der Waals surface area (Å²) < 4.78 is 43.3. The highest BCUT2D eigenvalue weighted by atomic mass is 19.4. The molecule has 2 amide bonds. The minimum Gasteiger partial charge on any atom is -0.506 e. The molecule has 22 heavy (non-hydrogen) atoms. The van der Waals surface area contributed by atoms with Crippen molar-refractivity contribution in [1.82, 2.24) is 10.2 Å². The van der Waals surface area contributed by atoms with E-state index in [1.165, 1.54) is 25.3 Å². The standard InChI is InChI=1S/C13H16F3N3O3/c1-22-6-9(7-2-3-10(20)8(17)4-7)19-5-11(13(14,15)16)18-12(19)21/h2-4,9,11,20H,5-6,17H2,1H3,(H,18,21)/t9-,11-/m0/s1. The summed E-state index contributed by atoms with van der Waals surface area (Å²) in [4.78, 5) is 12.9. The molecule has 0 unspecified atom stereocenters. The summed E-state index contributed by atoms with van der Waals surface area (Å²) in [5.41, 5.74) is 6.15. The number of nitrogen functional groups attached to an aromatic ring is 1. The van der Waals surface area contributed by atoms with Gasteiger partial charge in [-0.2, -0.15) is 13.2 Å². The molecule has 1 aromatic rings. The van der Waals surface area contributed by atoms with Gasteiger partial charge in [-0.25, -0.2) is 4.79 Å². The van der Waals surface area contributed by atoms with E-state index in [0.29, 0.717) is 5.56 Å². The van der Waals surface area contributed by atoms with Crippen LogP contribution in [0.15, 0.2) is 18.2 Å². The molecule has 1 fully saturated rings. The third kappa shape index (κ3) is 3.19. The number of nitrogens with zero attached hydrogens (tertiary/aromatic N) is 1. The minimum absolute atomic E-state index is 0.00219. The predicted octanol–water partition coefficient (Wildman–Crippen LogP) is 1.62. The first-order valence-corrected chi connectivity index (χ1v) is 6.45. The number of benzene rings is 1. The molecule has 2 rings (SSSR count). The fourth-order valence-corrected chi connectivity index (χ4v) is 2.32. The molecule has 0 aromatic heterocycles. The van der Waals surface area contributed by atoms with Gasteiger partial charge in [0, 0.05) is 7.11 Å². The molecule has 0 spiro atoms. The molecule has 1 heterocycles. The number of anilines is 1. The maximum Gasteiger partial charge on any atom is 0.410 e. The number of urea groups is 1. The highest BCUT2D eigenvalue weighted by Gasteiger charge is 2.48. The number of halogens is 3. The molecule has 0 radical (unpaired) electrons. The van der Waals surface area contributed by atoms with Gasteiger partial charge in [-0.1, -0.05) is 6.07 Å². The van der Waals surface area contributed by atoms with Crippen molar-refractivity contribution in [3.05, 3.63) is 23.8 Å². The second kappa shape index (κ2) is 5.91. The lowest BCUT2D eigenvalue weighted by atomic mass is 10.0. The Hall–Kier alpha value is -2.16. The summed E-state index contributed by atoms with van der Waals surface area (Å²) >= 11 is 0. The number of aromatic hydroxyl groups is 1. The summed E-state index contributed by atoms with van der Waals surface area (Å²) in [6, 6.07) is 0.740. The number of phenols is 1. The zero-order valence-electron chi connectivity index (χ0n) is 11.7. The Labute approximate surface area is 124 Å². The van der Waals surface area contributed by atoms with E-state index in [-0.39, 0.29) is 18.0 Å². The van der Waals surface area contributed by atoms with Gasteiger partial charge >= 0.3 is 12.2 Å². The van der Waals surface area contributed by atoms with E-state index in [1.54, 1.807) is 0 Å². The molecule has 0 bridgehead atoms. The first kappa shape index (κ1) is 16.2. The van der Waals surface area contributed by atoms with E-state index in [9.17, 15) is 23.1 Å². The second-order valence-electron chi connectivity index (χ2n) is 4.99. The number of hydrogen-bond donors (Lipinski definition) is 3. The van der Waals surface area contributed by atoms with Gasteiger partial charge in [-0.05, 0) is 17.7 Å². The van der Waals surface area contributed by atoms with Crippen molar-refractivity contribution in [1.29, 1.82) is 0 Å². The average Bonchev–Trinajstić information content (AvgIpc) is 2.81. The number of ether oxygens (including phenoxy) is 1. The van der Waals surface area contributed by atoms with Crippen molar-refractivity contribution in [2.24, 2.45) is 0 Å². The van der Waals surface area contributed by atoms with Gasteiger partial charge in [0.05, 0.1) is 24.9 Å². The fourth-order valence-electron chi connectivity index (χ4n) is 2.32. The van der Waals surface area contributed by atoms with E-state index in [2.05, 4.69) is 0 Å². The number of phenolic OH excluding ortho intramolecular Hbond substituents is 1. The van der Waals surface area contributed by atoms with Crippen LogP contribution in [0.2, 0.25) is 0 Å². The number of amides is 2. The molecule has 4 N–H and O–H groups in total. The summed E-state index contributed by atoms with van der Waals surface area (Å²) in [5.74, 6) is -0.140. The van der Waals surface area contributed by atoms with Crippen molar-refractivity contribution in [3.8, 4) is 5.75 Å². The Balaban J connectivity index is 2.28. The molecule has 0 aliphatic carbocycles. The van der Waals surface area contributed by atoms with Crippen LogP contribution in [-0.4, -0.2) is 48.5 Å². The summed E-state index contributed by atoms with van der Waals surface area (Å²) in [6.07, 6.45) is -4.52. The van der Waals surface area contributed by atoms with Crippen LogP contribution in [0.1, 0.15) is 11.6 Å². The van der Waals surface area contributed by atoms with E-state index < -0.39 is 30.8 Å². The molecule has 9 heteroatoms. The number of nitrogens with two attached hydrogens (primary N) is 1. The van der Waals surface area contributed by atoms with E-state index in [1.807, 2.05) is 5.32 Å². The number of methoxy groups -OCH3 is 1. The number of carbonyl (C=O) groups excluding carboxylic acids is 1. The Morgan fingerprint density at radius 2 is 2.23 bits per heavy atom. The quantitative estimate of drug-likeness (QED) is 0.581. The molecule has 2 atom stereocenters. The van der Waals surface area contributed by atoms with Gasteiger partial charge in [0.15, 0.2) is 0 Å². The number of alkyl halides is 3. The number of nitrogens with one attached hydrogen (secondary N) is 1. The molecular weight excluding hydrogens is 303 g/mol. The normalized spacial score (nSPS) is 20.1. The van der Waals surface area contributed by atoms with Gasteiger partial charge in [0.2, 0.25) is 0 Å². The van der Waals surface area contributed by atoms with Crippen LogP contribution in [0.3, 0.4) is 0 Å². The lowest BCUT2D eigenvalue weighted by Gasteiger charge is -2.27. The number of hydrogen-bond acceptors (Lipinski definition) is 4. The lowest BCUT2D eigenvalue weighted by molar-refractivity contribution is -0.150. The summed E-state index contributed by atoms with van der Waals surface area (Å²) in [7, 11) is 1.38. The summed E-state index contributed by atoms with van der Waals surface area (Å²) in [5, 5.41) is 11.3. The van der Waals surface area contributed by atoms with Gasteiger partial charge in [-0.3, -0.25) is 0 Å².